The fourth-order valence-corrected chi connectivity index (χ4v) is 3.33. The van der Waals surface area contributed by atoms with Gasteiger partial charge in [0.25, 0.3) is 0 Å². The zero-order valence-corrected chi connectivity index (χ0v) is 12.5. The molecular weight excluding hydrogens is 268 g/mol. The Morgan fingerprint density at radius 1 is 1.35 bits per heavy atom. The Bertz CT molecular complexity index is 701. The lowest BCUT2D eigenvalue weighted by Gasteiger charge is -2.14. The molecule has 1 N–H and O–H groups in total. The highest BCUT2D eigenvalue weighted by atomic mass is 32.1. The van der Waals surface area contributed by atoms with E-state index in [-0.39, 0.29) is 0 Å². The summed E-state index contributed by atoms with van der Waals surface area (Å²) in [5.74, 6) is 0.940. The molecule has 0 amide bonds. The van der Waals surface area contributed by atoms with E-state index in [0.29, 0.717) is 6.04 Å². The Morgan fingerprint density at radius 2 is 2.25 bits per heavy atom. The van der Waals surface area contributed by atoms with Crippen molar-refractivity contribution in [3.05, 3.63) is 52.7 Å². The van der Waals surface area contributed by atoms with Crippen molar-refractivity contribution in [1.29, 1.82) is 0 Å². The largest absolute Gasteiger partial charge is 0.361 e. The summed E-state index contributed by atoms with van der Waals surface area (Å²) >= 11 is 1.80. The van der Waals surface area contributed by atoms with Gasteiger partial charge in [0.2, 0.25) is 0 Å². The van der Waals surface area contributed by atoms with Crippen molar-refractivity contribution in [2.45, 2.75) is 32.9 Å². The molecule has 0 bridgehead atoms. The molecule has 2 aromatic heterocycles. The number of nitrogens with zero attached hydrogens (tertiary/aromatic N) is 1. The van der Waals surface area contributed by atoms with Crippen LogP contribution in [0, 0.1) is 0 Å². The van der Waals surface area contributed by atoms with Crippen LogP contribution in [-0.2, 0) is 13.0 Å². The van der Waals surface area contributed by atoms with E-state index in [1.807, 2.05) is 6.07 Å². The molecule has 3 aromatic rings. The van der Waals surface area contributed by atoms with Gasteiger partial charge >= 0.3 is 0 Å². The average Bonchev–Trinajstić information content (AvgIpc) is 3.12. The zero-order valence-electron chi connectivity index (χ0n) is 11.7. The van der Waals surface area contributed by atoms with Crippen LogP contribution in [0.25, 0.3) is 10.1 Å². The molecule has 1 aromatic carbocycles. The molecule has 20 heavy (non-hydrogen) atoms. The molecule has 0 saturated heterocycles. The fourth-order valence-electron chi connectivity index (χ4n) is 2.33. The molecule has 2 heterocycles. The van der Waals surface area contributed by atoms with Crippen LogP contribution in [0.2, 0.25) is 0 Å². The summed E-state index contributed by atoms with van der Waals surface area (Å²) in [7, 11) is 0. The minimum absolute atomic E-state index is 0.291. The summed E-state index contributed by atoms with van der Waals surface area (Å²) in [5.41, 5.74) is 2.31. The van der Waals surface area contributed by atoms with Crippen LogP contribution in [-0.4, -0.2) is 5.16 Å². The molecule has 3 rings (SSSR count). The molecule has 0 saturated carbocycles. The molecular formula is C16H18N2OS. The van der Waals surface area contributed by atoms with E-state index >= 15 is 0 Å². The average molecular weight is 286 g/mol. The molecule has 0 aliphatic rings. The predicted octanol–water partition coefficient (Wildman–Crippen LogP) is 4.30. The Hall–Kier alpha value is -1.65. The van der Waals surface area contributed by atoms with Gasteiger partial charge in [0.15, 0.2) is 0 Å². The van der Waals surface area contributed by atoms with Crippen molar-refractivity contribution >= 4 is 21.4 Å². The van der Waals surface area contributed by atoms with Gasteiger partial charge in [0, 0.05) is 29.8 Å². The number of fused-ring (bicyclic) bond motifs is 1. The van der Waals surface area contributed by atoms with E-state index in [4.69, 9.17) is 4.52 Å². The summed E-state index contributed by atoms with van der Waals surface area (Å²) in [6.45, 7) is 4.99. The van der Waals surface area contributed by atoms with Crippen molar-refractivity contribution in [3.8, 4) is 0 Å². The second-order valence-corrected chi connectivity index (χ2v) is 5.84. The third-order valence-corrected chi connectivity index (χ3v) is 4.50. The summed E-state index contributed by atoms with van der Waals surface area (Å²) in [5, 5.41) is 11.0. The van der Waals surface area contributed by atoms with Gasteiger partial charge in [0.05, 0.1) is 5.69 Å². The number of benzene rings is 1. The van der Waals surface area contributed by atoms with Gasteiger partial charge in [-0.25, -0.2) is 0 Å². The Labute approximate surface area is 122 Å². The van der Waals surface area contributed by atoms with Gasteiger partial charge < -0.3 is 9.84 Å². The van der Waals surface area contributed by atoms with Gasteiger partial charge in [-0.05, 0) is 29.3 Å². The number of hydrogen-bond donors (Lipinski definition) is 1. The number of aromatic nitrogens is 1. The summed E-state index contributed by atoms with van der Waals surface area (Å²) < 4.78 is 6.58. The van der Waals surface area contributed by atoms with E-state index < -0.39 is 0 Å². The van der Waals surface area contributed by atoms with Crippen LogP contribution < -0.4 is 5.32 Å². The first-order chi connectivity index (χ1) is 9.78. The van der Waals surface area contributed by atoms with Crippen LogP contribution in [0.1, 0.15) is 36.9 Å². The van der Waals surface area contributed by atoms with Crippen molar-refractivity contribution in [2.75, 3.05) is 0 Å². The smallest absolute Gasteiger partial charge is 0.136 e. The molecule has 0 radical (unpaired) electrons. The molecule has 0 aliphatic heterocycles. The molecule has 1 unspecified atom stereocenters. The standard InChI is InChI=1S/C16H18N2OS/c1-3-14-9-13(18-19-14)10-17-11(2)15-6-4-5-12-7-8-20-16(12)15/h4-9,11,17H,3,10H2,1-2H3. The van der Waals surface area contributed by atoms with E-state index in [1.165, 1.54) is 15.6 Å². The van der Waals surface area contributed by atoms with Gasteiger partial charge in [0.1, 0.15) is 5.76 Å². The third-order valence-electron chi connectivity index (χ3n) is 3.52. The number of aryl methyl sites for hydroxylation is 1. The highest BCUT2D eigenvalue weighted by Gasteiger charge is 2.11. The predicted molar refractivity (Wildman–Crippen MR) is 83.0 cm³/mol. The quantitative estimate of drug-likeness (QED) is 0.760. The molecule has 0 aliphatic carbocycles. The van der Waals surface area contributed by atoms with Crippen LogP contribution >= 0.6 is 11.3 Å². The summed E-state index contributed by atoms with van der Waals surface area (Å²) in [4.78, 5) is 0. The summed E-state index contributed by atoms with van der Waals surface area (Å²) in [6.07, 6.45) is 0.886. The molecule has 104 valence electrons. The Kier molecular flexibility index (Phi) is 3.85. The van der Waals surface area contributed by atoms with Gasteiger partial charge in [-0.15, -0.1) is 11.3 Å². The van der Waals surface area contributed by atoms with Crippen LogP contribution in [0.15, 0.2) is 40.2 Å². The first kappa shape index (κ1) is 13.3. The lowest BCUT2D eigenvalue weighted by molar-refractivity contribution is 0.377. The van der Waals surface area contributed by atoms with Crippen LogP contribution in [0.3, 0.4) is 0 Å². The van der Waals surface area contributed by atoms with Crippen molar-refractivity contribution < 1.29 is 4.52 Å². The van der Waals surface area contributed by atoms with Crippen molar-refractivity contribution in [1.82, 2.24) is 10.5 Å². The second-order valence-electron chi connectivity index (χ2n) is 4.93. The first-order valence-corrected chi connectivity index (χ1v) is 7.80. The first-order valence-electron chi connectivity index (χ1n) is 6.92. The maximum Gasteiger partial charge on any atom is 0.136 e. The highest BCUT2D eigenvalue weighted by Crippen LogP contribution is 2.28. The van der Waals surface area contributed by atoms with Crippen molar-refractivity contribution in [2.24, 2.45) is 0 Å². The third kappa shape index (κ3) is 2.62. The monoisotopic (exact) mass is 286 g/mol. The normalized spacial score (nSPS) is 12.9. The maximum absolute atomic E-state index is 5.22. The molecule has 0 fully saturated rings. The van der Waals surface area contributed by atoms with E-state index in [2.05, 4.69) is 54.0 Å². The number of thiophene rings is 1. The van der Waals surface area contributed by atoms with Crippen molar-refractivity contribution in [3.63, 3.8) is 0 Å². The minimum Gasteiger partial charge on any atom is -0.361 e. The maximum atomic E-state index is 5.22. The molecule has 0 spiro atoms. The lowest BCUT2D eigenvalue weighted by atomic mass is 10.1. The minimum atomic E-state index is 0.291. The van der Waals surface area contributed by atoms with E-state index in [1.54, 1.807) is 11.3 Å². The zero-order chi connectivity index (χ0) is 13.9. The SMILES string of the molecule is CCc1cc(CNC(C)c2cccc3ccsc23)no1. The van der Waals surface area contributed by atoms with Gasteiger partial charge in [-0.3, -0.25) is 0 Å². The second kappa shape index (κ2) is 5.77. The Morgan fingerprint density at radius 3 is 3.05 bits per heavy atom. The summed E-state index contributed by atoms with van der Waals surface area (Å²) in [6, 6.07) is 10.9. The molecule has 3 nitrogen and oxygen atoms in total. The Balaban J connectivity index is 1.72. The van der Waals surface area contributed by atoms with E-state index in [9.17, 15) is 0 Å². The lowest BCUT2D eigenvalue weighted by Crippen LogP contribution is -2.18. The van der Waals surface area contributed by atoms with Gasteiger partial charge in [-0.2, -0.15) is 0 Å². The van der Waals surface area contributed by atoms with Crippen LogP contribution in [0.4, 0.5) is 0 Å². The van der Waals surface area contributed by atoms with Crippen LogP contribution in [0.5, 0.6) is 0 Å². The highest BCUT2D eigenvalue weighted by molar-refractivity contribution is 7.17. The van der Waals surface area contributed by atoms with Gasteiger partial charge in [-0.1, -0.05) is 30.3 Å². The number of rotatable bonds is 5. The molecule has 4 heteroatoms. The number of nitrogens with one attached hydrogen (secondary N) is 1. The topological polar surface area (TPSA) is 38.1 Å². The number of hydrogen-bond acceptors (Lipinski definition) is 4. The molecule has 1 atom stereocenters. The fraction of sp³-hybridized carbons (Fsp3) is 0.312. The van der Waals surface area contributed by atoms with E-state index in [0.717, 1.165) is 24.4 Å².